The summed E-state index contributed by atoms with van der Waals surface area (Å²) < 4.78 is 8.15. The molecule has 140 valence electrons. The van der Waals surface area contributed by atoms with Crippen LogP contribution in [0.5, 0.6) is 5.75 Å². The first-order valence-corrected chi connectivity index (χ1v) is 9.66. The molecule has 0 spiro atoms. The molecule has 7 heteroatoms. The zero-order valence-electron chi connectivity index (χ0n) is 15.3. The fourth-order valence-electron chi connectivity index (χ4n) is 2.54. The molecule has 27 heavy (non-hydrogen) atoms. The van der Waals surface area contributed by atoms with Crippen molar-refractivity contribution >= 4 is 21.8 Å². The molecule has 2 aromatic carbocycles. The van der Waals surface area contributed by atoms with Crippen LogP contribution in [0.1, 0.15) is 30.9 Å². The van der Waals surface area contributed by atoms with Crippen LogP contribution in [0.2, 0.25) is 0 Å². The van der Waals surface area contributed by atoms with Crippen molar-refractivity contribution in [3.63, 3.8) is 0 Å². The zero-order valence-corrected chi connectivity index (χ0v) is 16.9. The highest BCUT2D eigenvalue weighted by molar-refractivity contribution is 9.10. The zero-order chi connectivity index (χ0) is 19.2. The lowest BCUT2D eigenvalue weighted by molar-refractivity contribution is 0.0943. The van der Waals surface area contributed by atoms with Gasteiger partial charge in [0.2, 0.25) is 5.82 Å². The van der Waals surface area contributed by atoms with Crippen LogP contribution in [0.4, 0.5) is 0 Å². The first-order valence-electron chi connectivity index (χ1n) is 8.86. The molecule has 0 saturated carbocycles. The molecule has 0 radical (unpaired) electrons. The molecule has 0 unspecified atom stereocenters. The largest absolute Gasteiger partial charge is 0.494 e. The minimum Gasteiger partial charge on any atom is -0.494 e. The molecule has 0 aliphatic carbocycles. The Morgan fingerprint density at radius 1 is 1.11 bits per heavy atom. The number of aromatic nitrogens is 3. The van der Waals surface area contributed by atoms with E-state index in [1.165, 1.54) is 0 Å². The number of ether oxygens (including phenoxy) is 1. The fourth-order valence-corrected chi connectivity index (χ4v) is 2.81. The lowest BCUT2D eigenvalue weighted by Crippen LogP contribution is -2.25. The van der Waals surface area contributed by atoms with E-state index in [4.69, 9.17) is 4.74 Å². The van der Waals surface area contributed by atoms with Crippen molar-refractivity contribution in [2.75, 3.05) is 13.2 Å². The first kappa shape index (κ1) is 19.1. The summed E-state index contributed by atoms with van der Waals surface area (Å²) in [6.45, 7) is 5.14. The van der Waals surface area contributed by atoms with E-state index in [2.05, 4.69) is 31.3 Å². The Hall–Kier alpha value is -2.67. The Bertz CT molecular complexity index is 905. The average molecular weight is 429 g/mol. The number of nitrogens with zero attached hydrogens (tertiary/aromatic N) is 3. The third-order valence-corrected chi connectivity index (χ3v) is 4.37. The Morgan fingerprint density at radius 2 is 1.81 bits per heavy atom. The number of hydrogen-bond donors (Lipinski definition) is 1. The quantitative estimate of drug-likeness (QED) is 0.610. The van der Waals surface area contributed by atoms with Crippen LogP contribution in [-0.2, 0) is 0 Å². The molecule has 1 heterocycles. The van der Waals surface area contributed by atoms with Gasteiger partial charge in [0.15, 0.2) is 5.82 Å². The number of hydrogen-bond acceptors (Lipinski definition) is 4. The Kier molecular flexibility index (Phi) is 6.24. The van der Waals surface area contributed by atoms with E-state index in [1.54, 1.807) is 4.68 Å². The van der Waals surface area contributed by atoms with Crippen molar-refractivity contribution in [2.45, 2.75) is 20.3 Å². The Balaban J connectivity index is 2.02. The number of carbonyl (C=O) groups is 1. The van der Waals surface area contributed by atoms with Crippen molar-refractivity contribution in [1.29, 1.82) is 0 Å². The van der Waals surface area contributed by atoms with Crippen LogP contribution in [0.15, 0.2) is 53.0 Å². The summed E-state index contributed by atoms with van der Waals surface area (Å²) in [5.74, 6) is 1.26. The van der Waals surface area contributed by atoms with E-state index >= 15 is 0 Å². The van der Waals surface area contributed by atoms with Crippen LogP contribution in [0.25, 0.3) is 17.1 Å². The van der Waals surface area contributed by atoms with Gasteiger partial charge in [-0.15, -0.1) is 5.10 Å². The van der Waals surface area contributed by atoms with E-state index < -0.39 is 0 Å². The highest BCUT2D eigenvalue weighted by Gasteiger charge is 2.18. The van der Waals surface area contributed by atoms with Gasteiger partial charge in [-0.3, -0.25) is 4.79 Å². The molecule has 6 nitrogen and oxygen atoms in total. The molecule has 1 amide bonds. The lowest BCUT2D eigenvalue weighted by atomic mass is 10.2. The van der Waals surface area contributed by atoms with E-state index in [9.17, 15) is 4.79 Å². The molecule has 0 atom stereocenters. The highest BCUT2D eigenvalue weighted by atomic mass is 79.9. The standard InChI is InChI=1S/C20H21BrN4O2/c1-3-13-22-20(26)18-23-19(14-5-7-15(21)8-6-14)25(24-18)16-9-11-17(12-10-16)27-4-2/h5-12H,3-4,13H2,1-2H3,(H,22,26). The molecule has 1 N–H and O–H groups in total. The molecule has 0 aliphatic heterocycles. The molecular formula is C20H21BrN4O2. The lowest BCUT2D eigenvalue weighted by Gasteiger charge is -2.08. The minimum absolute atomic E-state index is 0.148. The van der Waals surface area contributed by atoms with E-state index in [0.29, 0.717) is 19.0 Å². The number of amides is 1. The Labute approximate surface area is 166 Å². The predicted octanol–water partition coefficient (Wildman–Crippen LogP) is 4.24. The summed E-state index contributed by atoms with van der Waals surface area (Å²) in [6, 6.07) is 15.3. The second-order valence-corrected chi connectivity index (χ2v) is 6.78. The van der Waals surface area contributed by atoms with Gasteiger partial charge in [0, 0.05) is 16.6 Å². The number of benzene rings is 2. The maximum Gasteiger partial charge on any atom is 0.290 e. The number of rotatable bonds is 7. The van der Waals surface area contributed by atoms with E-state index in [0.717, 1.165) is 27.9 Å². The van der Waals surface area contributed by atoms with E-state index in [1.807, 2.05) is 62.4 Å². The van der Waals surface area contributed by atoms with Gasteiger partial charge in [0.05, 0.1) is 12.3 Å². The summed E-state index contributed by atoms with van der Waals surface area (Å²) in [7, 11) is 0. The van der Waals surface area contributed by atoms with Crippen molar-refractivity contribution in [2.24, 2.45) is 0 Å². The van der Waals surface area contributed by atoms with Gasteiger partial charge in [-0.2, -0.15) is 0 Å². The number of carbonyl (C=O) groups excluding carboxylic acids is 1. The highest BCUT2D eigenvalue weighted by Crippen LogP contribution is 2.24. The maximum absolute atomic E-state index is 12.3. The molecule has 0 bridgehead atoms. The topological polar surface area (TPSA) is 69.0 Å². The second kappa shape index (κ2) is 8.81. The summed E-state index contributed by atoms with van der Waals surface area (Å²) in [4.78, 5) is 16.8. The van der Waals surface area contributed by atoms with Gasteiger partial charge in [-0.1, -0.05) is 35.0 Å². The molecule has 0 fully saturated rings. The van der Waals surface area contributed by atoms with Crippen LogP contribution >= 0.6 is 15.9 Å². The second-order valence-electron chi connectivity index (χ2n) is 5.86. The predicted molar refractivity (Wildman–Crippen MR) is 108 cm³/mol. The smallest absolute Gasteiger partial charge is 0.290 e. The van der Waals surface area contributed by atoms with Crippen molar-refractivity contribution in [3.8, 4) is 22.8 Å². The maximum atomic E-state index is 12.3. The van der Waals surface area contributed by atoms with Crippen molar-refractivity contribution in [3.05, 3.63) is 58.8 Å². The summed E-state index contributed by atoms with van der Waals surface area (Å²) in [5, 5.41) is 7.27. The summed E-state index contributed by atoms with van der Waals surface area (Å²) in [5.41, 5.74) is 1.67. The first-order chi connectivity index (χ1) is 13.1. The molecular weight excluding hydrogens is 408 g/mol. The minimum atomic E-state index is -0.278. The van der Waals surface area contributed by atoms with Gasteiger partial charge in [0.25, 0.3) is 5.91 Å². The van der Waals surface area contributed by atoms with Gasteiger partial charge in [-0.05, 0) is 49.7 Å². The summed E-state index contributed by atoms with van der Waals surface area (Å²) in [6.07, 6.45) is 0.852. The fraction of sp³-hybridized carbons (Fsp3) is 0.250. The molecule has 3 rings (SSSR count). The van der Waals surface area contributed by atoms with Gasteiger partial charge < -0.3 is 10.1 Å². The van der Waals surface area contributed by atoms with Gasteiger partial charge in [-0.25, -0.2) is 9.67 Å². The molecule has 0 saturated heterocycles. The van der Waals surface area contributed by atoms with Crippen LogP contribution in [0.3, 0.4) is 0 Å². The average Bonchev–Trinajstić information content (AvgIpc) is 3.13. The molecule has 1 aromatic heterocycles. The van der Waals surface area contributed by atoms with Crippen molar-refractivity contribution < 1.29 is 9.53 Å². The third kappa shape index (κ3) is 4.54. The van der Waals surface area contributed by atoms with Crippen LogP contribution < -0.4 is 10.1 Å². The van der Waals surface area contributed by atoms with E-state index in [-0.39, 0.29) is 11.7 Å². The molecule has 0 aliphatic rings. The molecule has 3 aromatic rings. The van der Waals surface area contributed by atoms with Gasteiger partial charge >= 0.3 is 0 Å². The number of nitrogens with one attached hydrogen (secondary N) is 1. The number of halogens is 1. The monoisotopic (exact) mass is 428 g/mol. The normalized spacial score (nSPS) is 10.6. The summed E-state index contributed by atoms with van der Waals surface area (Å²) >= 11 is 3.44. The SMILES string of the molecule is CCCNC(=O)c1nc(-c2ccc(Br)cc2)n(-c2ccc(OCC)cc2)n1. The van der Waals surface area contributed by atoms with Crippen LogP contribution in [-0.4, -0.2) is 33.8 Å². The Morgan fingerprint density at radius 3 is 2.44 bits per heavy atom. The van der Waals surface area contributed by atoms with Crippen molar-refractivity contribution in [1.82, 2.24) is 20.1 Å². The van der Waals surface area contributed by atoms with Crippen LogP contribution in [0, 0.1) is 0 Å². The third-order valence-electron chi connectivity index (χ3n) is 3.84. The van der Waals surface area contributed by atoms with Gasteiger partial charge in [0.1, 0.15) is 5.75 Å².